The second-order valence-corrected chi connectivity index (χ2v) is 7.27. The van der Waals surface area contributed by atoms with Crippen LogP contribution >= 0.6 is 0 Å². The molecule has 146 valence electrons. The Morgan fingerprint density at radius 3 is 3.00 bits per heavy atom. The van der Waals surface area contributed by atoms with Gasteiger partial charge in [-0.05, 0) is 31.2 Å². The van der Waals surface area contributed by atoms with Crippen molar-refractivity contribution in [3.63, 3.8) is 0 Å². The van der Waals surface area contributed by atoms with Crippen molar-refractivity contribution in [3.8, 4) is 6.07 Å². The number of hydrogen-bond acceptors (Lipinski definition) is 6. The summed E-state index contributed by atoms with van der Waals surface area (Å²) < 4.78 is 19.7. The Morgan fingerprint density at radius 1 is 1.39 bits per heavy atom. The van der Waals surface area contributed by atoms with Crippen LogP contribution in [0.3, 0.4) is 0 Å². The van der Waals surface area contributed by atoms with Crippen LogP contribution < -0.4 is 15.5 Å². The number of ether oxygens (including phenoxy) is 1. The molecule has 0 aliphatic carbocycles. The third-order valence-electron chi connectivity index (χ3n) is 5.23. The summed E-state index contributed by atoms with van der Waals surface area (Å²) in [6, 6.07) is 9.02. The number of carbonyl (C=O) groups excluding carboxylic acids is 1. The summed E-state index contributed by atoms with van der Waals surface area (Å²) >= 11 is 0. The summed E-state index contributed by atoms with van der Waals surface area (Å²) in [4.78, 5) is 19.1. The molecule has 0 radical (unpaired) electrons. The second-order valence-electron chi connectivity index (χ2n) is 7.27. The van der Waals surface area contributed by atoms with Gasteiger partial charge in [-0.1, -0.05) is 0 Å². The molecule has 1 aromatic heterocycles. The van der Waals surface area contributed by atoms with Gasteiger partial charge in [-0.3, -0.25) is 9.78 Å². The van der Waals surface area contributed by atoms with Gasteiger partial charge in [-0.2, -0.15) is 5.26 Å². The van der Waals surface area contributed by atoms with E-state index in [1.807, 2.05) is 25.1 Å². The summed E-state index contributed by atoms with van der Waals surface area (Å²) in [5.41, 5.74) is 2.05. The van der Waals surface area contributed by atoms with Crippen LogP contribution in [0.5, 0.6) is 0 Å². The number of nitrogens with one attached hydrogen (secondary N) is 2. The number of nitrogens with zero attached hydrogens (tertiary/aromatic N) is 3. The van der Waals surface area contributed by atoms with Crippen molar-refractivity contribution in [2.45, 2.75) is 31.3 Å². The maximum Gasteiger partial charge on any atom is 0.251 e. The number of fused-ring (bicyclic) bond motifs is 1. The number of amides is 1. The van der Waals surface area contributed by atoms with Crippen molar-refractivity contribution < 1.29 is 13.9 Å². The van der Waals surface area contributed by atoms with Gasteiger partial charge in [0.2, 0.25) is 0 Å². The minimum absolute atomic E-state index is 0.172. The van der Waals surface area contributed by atoms with Gasteiger partial charge in [-0.25, -0.2) is 4.39 Å². The number of morpholine rings is 1. The smallest absolute Gasteiger partial charge is 0.251 e. The molecule has 4 atom stereocenters. The number of halogens is 1. The van der Waals surface area contributed by atoms with E-state index in [9.17, 15) is 14.4 Å². The molecule has 3 heterocycles. The van der Waals surface area contributed by atoms with Crippen molar-refractivity contribution in [3.05, 3.63) is 36.0 Å². The van der Waals surface area contributed by atoms with Crippen molar-refractivity contribution in [2.24, 2.45) is 0 Å². The monoisotopic (exact) mass is 383 g/mol. The molecule has 2 N–H and O–H groups in total. The maximum atomic E-state index is 13.8. The molecule has 2 saturated heterocycles. The normalized spacial score (nSPS) is 27.5. The third-order valence-corrected chi connectivity index (χ3v) is 5.23. The van der Waals surface area contributed by atoms with Crippen molar-refractivity contribution in [1.29, 1.82) is 5.26 Å². The zero-order chi connectivity index (χ0) is 19.7. The first-order valence-corrected chi connectivity index (χ1v) is 9.40. The molecule has 7 nitrogen and oxygen atoms in total. The summed E-state index contributed by atoms with van der Waals surface area (Å²) in [5, 5.41) is 15.9. The lowest BCUT2D eigenvalue weighted by Crippen LogP contribution is -2.55. The van der Waals surface area contributed by atoms with E-state index < -0.39 is 18.3 Å². The van der Waals surface area contributed by atoms with Gasteiger partial charge >= 0.3 is 0 Å². The van der Waals surface area contributed by atoms with Crippen LogP contribution in [0.15, 0.2) is 30.5 Å². The van der Waals surface area contributed by atoms with Crippen LogP contribution in [-0.4, -0.2) is 61.5 Å². The lowest BCUT2D eigenvalue weighted by Gasteiger charge is -2.38. The van der Waals surface area contributed by atoms with Crippen LogP contribution in [0.1, 0.15) is 12.5 Å². The van der Waals surface area contributed by atoms with Crippen molar-refractivity contribution in [1.82, 2.24) is 15.6 Å². The molecule has 28 heavy (non-hydrogen) atoms. The van der Waals surface area contributed by atoms with Crippen molar-refractivity contribution >= 4 is 22.5 Å². The molecule has 0 bridgehead atoms. The van der Waals surface area contributed by atoms with E-state index in [4.69, 9.17) is 4.74 Å². The van der Waals surface area contributed by atoms with Crippen LogP contribution in [0.25, 0.3) is 10.9 Å². The van der Waals surface area contributed by atoms with E-state index in [1.54, 1.807) is 12.3 Å². The fourth-order valence-corrected chi connectivity index (χ4v) is 3.88. The molecule has 1 amide bonds. The number of hydrogen-bond donors (Lipinski definition) is 2. The number of pyridine rings is 1. The molecule has 8 heteroatoms. The summed E-state index contributed by atoms with van der Waals surface area (Å²) in [5.74, 6) is -0.302. The zero-order valence-corrected chi connectivity index (χ0v) is 15.6. The van der Waals surface area contributed by atoms with E-state index in [2.05, 4.69) is 26.6 Å². The molecule has 1 aromatic carbocycles. The average molecular weight is 383 g/mol. The summed E-state index contributed by atoms with van der Waals surface area (Å²) in [7, 11) is 0. The predicted octanol–water partition coefficient (Wildman–Crippen LogP) is 1.13. The first-order valence-electron chi connectivity index (χ1n) is 9.40. The lowest BCUT2D eigenvalue weighted by atomic mass is 10.1. The fourth-order valence-electron chi connectivity index (χ4n) is 3.88. The van der Waals surface area contributed by atoms with E-state index in [0.29, 0.717) is 30.7 Å². The minimum Gasteiger partial charge on any atom is -0.365 e. The molecule has 2 aromatic rings. The second kappa shape index (κ2) is 7.70. The Hall–Kier alpha value is -2.76. The van der Waals surface area contributed by atoms with E-state index >= 15 is 0 Å². The highest BCUT2D eigenvalue weighted by molar-refractivity contribution is 5.95. The highest BCUT2D eigenvalue weighted by Gasteiger charge is 2.35. The first kappa shape index (κ1) is 18.6. The number of rotatable bonds is 3. The summed E-state index contributed by atoms with van der Waals surface area (Å²) in [6.45, 7) is 3.54. The largest absolute Gasteiger partial charge is 0.365 e. The van der Waals surface area contributed by atoms with Gasteiger partial charge < -0.3 is 20.3 Å². The van der Waals surface area contributed by atoms with Crippen LogP contribution in [0, 0.1) is 11.3 Å². The van der Waals surface area contributed by atoms with Gasteiger partial charge in [0, 0.05) is 36.9 Å². The molecule has 0 saturated carbocycles. The molecule has 2 fully saturated rings. The quantitative estimate of drug-likeness (QED) is 0.826. The third kappa shape index (κ3) is 3.51. The number of nitriles is 1. The molecule has 0 spiro atoms. The van der Waals surface area contributed by atoms with Gasteiger partial charge in [0.15, 0.2) is 6.10 Å². The van der Waals surface area contributed by atoms with Gasteiger partial charge in [-0.15, -0.1) is 0 Å². The Labute approximate surface area is 162 Å². The Balaban J connectivity index is 1.58. The Kier molecular flexibility index (Phi) is 5.11. The Bertz CT molecular complexity index is 930. The van der Waals surface area contributed by atoms with Gasteiger partial charge in [0.25, 0.3) is 5.91 Å². The standard InChI is InChI=1S/C20H22FN5O2/c1-12-10-26(11-18(28-12)20(27)25-16-9-23-8-15(16)21)17-5-4-13(7-22)19-14(17)3-2-6-24-19/h2-6,12,15-16,18,23H,8-11H2,1H3,(H,25,27)/t12?,15-,16+,18?/m0/s1. The highest BCUT2D eigenvalue weighted by atomic mass is 19.1. The molecular weight excluding hydrogens is 361 g/mol. The minimum atomic E-state index is -1.09. The van der Waals surface area contributed by atoms with Gasteiger partial charge in [0.1, 0.15) is 12.2 Å². The molecule has 2 aliphatic heterocycles. The molecule has 2 aliphatic rings. The predicted molar refractivity (Wildman–Crippen MR) is 103 cm³/mol. The topological polar surface area (TPSA) is 90.3 Å². The summed E-state index contributed by atoms with van der Waals surface area (Å²) in [6.07, 6.45) is -0.294. The first-order chi connectivity index (χ1) is 13.6. The maximum absolute atomic E-state index is 13.8. The number of anilines is 1. The number of carbonyl (C=O) groups is 1. The highest BCUT2D eigenvalue weighted by Crippen LogP contribution is 2.30. The fraction of sp³-hybridized carbons (Fsp3) is 0.450. The van der Waals surface area contributed by atoms with Crippen LogP contribution in [-0.2, 0) is 9.53 Å². The van der Waals surface area contributed by atoms with E-state index in [-0.39, 0.29) is 18.6 Å². The SMILES string of the molecule is CC1CN(c2ccc(C#N)c3ncccc23)CC(C(=O)N[C@@H]2CNC[C@@H]2F)O1. The molecule has 4 rings (SSSR count). The van der Waals surface area contributed by atoms with Crippen LogP contribution in [0.4, 0.5) is 10.1 Å². The number of benzene rings is 1. The van der Waals surface area contributed by atoms with Crippen LogP contribution in [0.2, 0.25) is 0 Å². The number of aromatic nitrogens is 1. The van der Waals surface area contributed by atoms with E-state index in [1.165, 1.54) is 0 Å². The average Bonchev–Trinajstić information content (AvgIpc) is 3.11. The lowest BCUT2D eigenvalue weighted by molar-refractivity contribution is -0.138. The number of alkyl halides is 1. The molecule has 2 unspecified atom stereocenters. The Morgan fingerprint density at radius 2 is 2.25 bits per heavy atom. The van der Waals surface area contributed by atoms with E-state index in [0.717, 1.165) is 11.1 Å². The zero-order valence-electron chi connectivity index (χ0n) is 15.6. The molecular formula is C20H22FN5O2. The van der Waals surface area contributed by atoms with Gasteiger partial charge in [0.05, 0.1) is 29.8 Å². The van der Waals surface area contributed by atoms with Crippen molar-refractivity contribution in [2.75, 3.05) is 31.1 Å².